The number of anilines is 1. The first kappa shape index (κ1) is 16.8. The van der Waals surface area contributed by atoms with E-state index in [-0.39, 0.29) is 12.4 Å². The van der Waals surface area contributed by atoms with E-state index in [0.717, 1.165) is 6.26 Å². The Morgan fingerprint density at radius 3 is 2.36 bits per heavy atom. The van der Waals surface area contributed by atoms with Crippen LogP contribution in [-0.4, -0.2) is 21.7 Å². The number of benzene rings is 2. The van der Waals surface area contributed by atoms with Gasteiger partial charge in [0.1, 0.15) is 18.2 Å². The lowest BCUT2D eigenvalue weighted by atomic mass is 10.2. The molecule has 2 aromatic rings. The van der Waals surface area contributed by atoms with Gasteiger partial charge in [-0.2, -0.15) is 0 Å². The Hall–Kier alpha value is -1.60. The molecule has 0 radical (unpaired) electrons. The molecule has 0 fully saturated rings. The zero-order chi connectivity index (χ0) is 16.3. The summed E-state index contributed by atoms with van der Waals surface area (Å²) >= 11 is 3.20. The van der Waals surface area contributed by atoms with Crippen LogP contribution >= 0.6 is 15.9 Å². The van der Waals surface area contributed by atoms with E-state index in [1.54, 1.807) is 36.4 Å². The van der Waals surface area contributed by atoms with Crippen molar-refractivity contribution in [1.82, 2.24) is 0 Å². The number of rotatable bonds is 5. The van der Waals surface area contributed by atoms with Crippen molar-refractivity contribution in [2.75, 3.05) is 17.6 Å². The third-order valence-electron chi connectivity index (χ3n) is 3.11. The number of sulfonamides is 1. The van der Waals surface area contributed by atoms with E-state index < -0.39 is 10.0 Å². The number of halogens is 2. The van der Waals surface area contributed by atoms with Crippen LogP contribution in [0.3, 0.4) is 0 Å². The summed E-state index contributed by atoms with van der Waals surface area (Å²) in [6.07, 6.45) is 1.13. The van der Waals surface area contributed by atoms with Gasteiger partial charge in [-0.1, -0.05) is 22.0 Å². The normalized spacial score (nSPS) is 11.3. The molecule has 0 amide bonds. The highest BCUT2D eigenvalue weighted by atomic mass is 79.9. The standard InChI is InChI=1S/C15H15BrFNO3S/c1-18(22(2,19)20)13-5-7-14(8-6-13)21-10-11-3-4-12(16)9-15(11)17/h3-9H,10H2,1-2H3. The number of hydrogen-bond donors (Lipinski definition) is 0. The van der Waals surface area contributed by atoms with E-state index in [4.69, 9.17) is 4.74 Å². The second kappa shape index (κ2) is 6.66. The van der Waals surface area contributed by atoms with Gasteiger partial charge in [-0.25, -0.2) is 12.8 Å². The van der Waals surface area contributed by atoms with Crippen molar-refractivity contribution in [3.8, 4) is 5.75 Å². The lowest BCUT2D eigenvalue weighted by Crippen LogP contribution is -2.24. The van der Waals surface area contributed by atoms with Crippen LogP contribution in [0, 0.1) is 5.82 Å². The molecular formula is C15H15BrFNO3S. The number of ether oxygens (including phenoxy) is 1. The molecule has 0 unspecified atom stereocenters. The molecule has 7 heteroatoms. The van der Waals surface area contributed by atoms with Gasteiger partial charge in [0.25, 0.3) is 0 Å². The predicted octanol–water partition coefficient (Wildman–Crippen LogP) is 3.56. The second-order valence-corrected chi connectivity index (χ2v) is 7.68. The van der Waals surface area contributed by atoms with Crippen molar-refractivity contribution >= 4 is 31.6 Å². The first-order valence-corrected chi connectivity index (χ1v) is 9.02. The highest BCUT2D eigenvalue weighted by molar-refractivity contribution is 9.10. The van der Waals surface area contributed by atoms with Gasteiger partial charge in [0, 0.05) is 17.1 Å². The van der Waals surface area contributed by atoms with Gasteiger partial charge in [0.2, 0.25) is 10.0 Å². The lowest BCUT2D eigenvalue weighted by molar-refractivity contribution is 0.300. The molecule has 0 bridgehead atoms. The van der Waals surface area contributed by atoms with Crippen molar-refractivity contribution in [2.45, 2.75) is 6.61 Å². The van der Waals surface area contributed by atoms with E-state index in [0.29, 0.717) is 21.5 Å². The fourth-order valence-corrected chi connectivity index (χ4v) is 2.58. The summed E-state index contributed by atoms with van der Waals surface area (Å²) in [5, 5.41) is 0. The molecule has 0 saturated heterocycles. The summed E-state index contributed by atoms with van der Waals surface area (Å²) in [5.41, 5.74) is 0.977. The Morgan fingerprint density at radius 2 is 1.82 bits per heavy atom. The molecule has 0 aliphatic carbocycles. The third kappa shape index (κ3) is 4.20. The highest BCUT2D eigenvalue weighted by Crippen LogP contribution is 2.22. The van der Waals surface area contributed by atoms with Gasteiger partial charge in [0.05, 0.1) is 11.9 Å². The molecule has 0 aromatic heterocycles. The average molecular weight is 388 g/mol. The second-order valence-electron chi connectivity index (χ2n) is 4.75. The molecule has 0 N–H and O–H groups in total. The van der Waals surface area contributed by atoms with E-state index in [1.165, 1.54) is 17.4 Å². The quantitative estimate of drug-likeness (QED) is 0.787. The van der Waals surface area contributed by atoms with Gasteiger partial charge in [0.15, 0.2) is 0 Å². The van der Waals surface area contributed by atoms with Gasteiger partial charge >= 0.3 is 0 Å². The Balaban J connectivity index is 2.06. The van der Waals surface area contributed by atoms with Crippen LogP contribution in [0.2, 0.25) is 0 Å². The van der Waals surface area contributed by atoms with E-state index in [1.807, 2.05) is 0 Å². The van der Waals surface area contributed by atoms with Gasteiger partial charge in [-0.15, -0.1) is 0 Å². The maximum absolute atomic E-state index is 13.7. The van der Waals surface area contributed by atoms with Gasteiger partial charge in [-0.05, 0) is 36.4 Å². The van der Waals surface area contributed by atoms with Crippen molar-refractivity contribution in [2.24, 2.45) is 0 Å². The van der Waals surface area contributed by atoms with E-state index in [9.17, 15) is 12.8 Å². The zero-order valence-electron chi connectivity index (χ0n) is 12.1. The Bertz CT molecular complexity index is 763. The molecule has 22 heavy (non-hydrogen) atoms. The molecule has 0 aliphatic rings. The maximum atomic E-state index is 13.7. The van der Waals surface area contributed by atoms with Crippen molar-refractivity contribution in [3.63, 3.8) is 0 Å². The molecular weight excluding hydrogens is 373 g/mol. The monoisotopic (exact) mass is 387 g/mol. The molecule has 0 heterocycles. The third-order valence-corrected chi connectivity index (χ3v) is 4.81. The largest absolute Gasteiger partial charge is 0.489 e. The highest BCUT2D eigenvalue weighted by Gasteiger charge is 2.11. The van der Waals surface area contributed by atoms with Gasteiger partial charge in [-0.3, -0.25) is 4.31 Å². The molecule has 4 nitrogen and oxygen atoms in total. The summed E-state index contributed by atoms with van der Waals surface area (Å²) in [4.78, 5) is 0. The minimum atomic E-state index is -3.30. The number of hydrogen-bond acceptors (Lipinski definition) is 3. The first-order chi connectivity index (χ1) is 10.3. The number of nitrogens with zero attached hydrogens (tertiary/aromatic N) is 1. The SMILES string of the molecule is CN(c1ccc(OCc2ccc(Br)cc2F)cc1)S(C)(=O)=O. The molecule has 0 aliphatic heterocycles. The Morgan fingerprint density at radius 1 is 1.18 bits per heavy atom. The van der Waals surface area contributed by atoms with Gasteiger partial charge < -0.3 is 4.74 Å². The molecule has 2 aromatic carbocycles. The van der Waals surface area contributed by atoms with Crippen molar-refractivity contribution < 1.29 is 17.5 Å². The molecule has 0 spiro atoms. The summed E-state index contributed by atoms with van der Waals surface area (Å²) in [7, 11) is -1.82. The first-order valence-electron chi connectivity index (χ1n) is 6.38. The fraction of sp³-hybridized carbons (Fsp3) is 0.200. The molecule has 2 rings (SSSR count). The van der Waals surface area contributed by atoms with Crippen LogP contribution in [-0.2, 0) is 16.6 Å². The van der Waals surface area contributed by atoms with Crippen LogP contribution in [0.25, 0.3) is 0 Å². The summed E-state index contributed by atoms with van der Waals surface area (Å²) in [5.74, 6) is 0.191. The summed E-state index contributed by atoms with van der Waals surface area (Å²) in [6.45, 7) is 0.0976. The van der Waals surface area contributed by atoms with Crippen LogP contribution in [0.15, 0.2) is 46.9 Å². The maximum Gasteiger partial charge on any atom is 0.231 e. The molecule has 118 valence electrons. The fourth-order valence-electron chi connectivity index (χ4n) is 1.74. The van der Waals surface area contributed by atoms with Crippen molar-refractivity contribution in [1.29, 1.82) is 0 Å². The Labute approximate surface area is 137 Å². The van der Waals surface area contributed by atoms with Crippen LogP contribution < -0.4 is 9.04 Å². The lowest BCUT2D eigenvalue weighted by Gasteiger charge is -2.17. The van der Waals surface area contributed by atoms with Crippen molar-refractivity contribution in [3.05, 3.63) is 58.3 Å². The molecule has 0 atom stereocenters. The summed E-state index contributed by atoms with van der Waals surface area (Å²) < 4.78 is 43.9. The summed E-state index contributed by atoms with van der Waals surface area (Å²) in [6, 6.07) is 11.3. The minimum absolute atomic E-state index is 0.0976. The smallest absolute Gasteiger partial charge is 0.231 e. The average Bonchev–Trinajstić information content (AvgIpc) is 2.45. The predicted molar refractivity (Wildman–Crippen MR) is 88.1 cm³/mol. The van der Waals surface area contributed by atoms with Crippen LogP contribution in [0.4, 0.5) is 10.1 Å². The van der Waals surface area contributed by atoms with E-state index >= 15 is 0 Å². The topological polar surface area (TPSA) is 46.6 Å². The minimum Gasteiger partial charge on any atom is -0.489 e. The van der Waals surface area contributed by atoms with Crippen LogP contribution in [0.1, 0.15) is 5.56 Å². The Kier molecular flexibility index (Phi) is 5.08. The zero-order valence-corrected chi connectivity index (χ0v) is 14.5. The molecule has 0 saturated carbocycles. The van der Waals surface area contributed by atoms with E-state index in [2.05, 4.69) is 15.9 Å². The van der Waals surface area contributed by atoms with Crippen LogP contribution in [0.5, 0.6) is 5.75 Å².